The number of aromatic nitrogens is 2. The van der Waals surface area contributed by atoms with Crippen LogP contribution < -0.4 is 0 Å². The summed E-state index contributed by atoms with van der Waals surface area (Å²) in [6.07, 6.45) is 0. The summed E-state index contributed by atoms with van der Waals surface area (Å²) in [6.45, 7) is 2.19. The van der Waals surface area contributed by atoms with Gasteiger partial charge in [0.25, 0.3) is 0 Å². The smallest absolute Gasteiger partial charge is 0.315 e. The topological polar surface area (TPSA) is 65.2 Å². The molecule has 18 heavy (non-hydrogen) atoms. The number of thiophene rings is 1. The number of nitrogens with zero attached hydrogens (tertiary/aromatic N) is 2. The first-order valence-corrected chi connectivity index (χ1v) is 7.48. The minimum absolute atomic E-state index is 0.222. The van der Waals surface area contributed by atoms with E-state index in [9.17, 15) is 4.79 Å². The molecule has 0 radical (unpaired) electrons. The van der Waals surface area contributed by atoms with Crippen molar-refractivity contribution in [2.45, 2.75) is 12.7 Å². The Hall–Kier alpha value is -1.34. The van der Waals surface area contributed by atoms with Crippen LogP contribution in [-0.2, 0) is 15.3 Å². The molecule has 0 amide bonds. The summed E-state index contributed by atoms with van der Waals surface area (Å²) in [7, 11) is 0. The van der Waals surface area contributed by atoms with Crippen molar-refractivity contribution in [1.29, 1.82) is 0 Å². The van der Waals surface area contributed by atoms with Crippen LogP contribution in [0, 0.1) is 0 Å². The maximum atomic E-state index is 11.1. The van der Waals surface area contributed by atoms with Gasteiger partial charge in [0, 0.05) is 10.9 Å². The number of hydrogen-bond donors (Lipinski definition) is 0. The molecule has 0 saturated heterocycles. The maximum absolute atomic E-state index is 11.1. The van der Waals surface area contributed by atoms with Gasteiger partial charge < -0.3 is 9.26 Å². The zero-order chi connectivity index (χ0) is 12.8. The molecule has 0 aliphatic heterocycles. The highest BCUT2D eigenvalue weighted by Gasteiger charge is 2.10. The third-order valence-electron chi connectivity index (χ3n) is 2.00. The molecule has 96 valence electrons. The molecule has 0 unspecified atom stereocenters. The molecule has 0 atom stereocenters. The summed E-state index contributed by atoms with van der Waals surface area (Å²) in [5.74, 6) is 1.69. The quantitative estimate of drug-likeness (QED) is 0.760. The van der Waals surface area contributed by atoms with E-state index < -0.39 is 0 Å². The normalized spacial score (nSPS) is 10.5. The summed E-state index contributed by atoms with van der Waals surface area (Å²) in [5, 5.41) is 7.80. The van der Waals surface area contributed by atoms with E-state index >= 15 is 0 Å². The average molecular weight is 284 g/mol. The summed E-state index contributed by atoms with van der Waals surface area (Å²) < 4.78 is 9.92. The highest BCUT2D eigenvalue weighted by atomic mass is 32.2. The molecular formula is C11H12N2O3S2. The Morgan fingerprint density at radius 2 is 2.50 bits per heavy atom. The predicted molar refractivity (Wildman–Crippen MR) is 70.4 cm³/mol. The minimum Gasteiger partial charge on any atom is -0.465 e. The van der Waals surface area contributed by atoms with Gasteiger partial charge in [0.05, 0.1) is 18.1 Å². The molecule has 0 saturated carbocycles. The van der Waals surface area contributed by atoms with E-state index in [4.69, 9.17) is 9.26 Å². The van der Waals surface area contributed by atoms with Crippen molar-refractivity contribution < 1.29 is 14.1 Å². The lowest BCUT2D eigenvalue weighted by Gasteiger charge is -1.98. The van der Waals surface area contributed by atoms with E-state index in [0.717, 1.165) is 5.56 Å². The summed E-state index contributed by atoms with van der Waals surface area (Å²) in [5.41, 5.74) is 0.949. The Labute approximate surface area is 113 Å². The first kappa shape index (κ1) is 13.1. The molecule has 0 aromatic carbocycles. The lowest BCUT2D eigenvalue weighted by atomic mass is 10.3. The molecule has 7 heteroatoms. The van der Waals surface area contributed by atoms with E-state index in [2.05, 4.69) is 10.1 Å². The lowest BCUT2D eigenvalue weighted by molar-refractivity contribution is -0.139. The van der Waals surface area contributed by atoms with Crippen molar-refractivity contribution in [3.05, 3.63) is 22.7 Å². The summed E-state index contributed by atoms with van der Waals surface area (Å²) in [6, 6.07) is 1.94. The lowest BCUT2D eigenvalue weighted by Crippen LogP contribution is -2.06. The van der Waals surface area contributed by atoms with Crippen molar-refractivity contribution in [2.75, 3.05) is 12.4 Å². The third kappa shape index (κ3) is 3.58. The van der Waals surface area contributed by atoms with Crippen LogP contribution in [0.4, 0.5) is 0 Å². The molecule has 0 spiro atoms. The van der Waals surface area contributed by atoms with Gasteiger partial charge in [0.1, 0.15) is 0 Å². The van der Waals surface area contributed by atoms with Crippen LogP contribution in [-0.4, -0.2) is 28.5 Å². The van der Waals surface area contributed by atoms with Gasteiger partial charge >= 0.3 is 5.97 Å². The van der Waals surface area contributed by atoms with Crippen LogP contribution in [0.15, 0.2) is 21.3 Å². The van der Waals surface area contributed by atoms with Gasteiger partial charge in [-0.05, 0) is 18.4 Å². The van der Waals surface area contributed by atoms with Crippen LogP contribution in [0.5, 0.6) is 0 Å². The maximum Gasteiger partial charge on any atom is 0.315 e. The summed E-state index contributed by atoms with van der Waals surface area (Å²) in [4.78, 5) is 15.4. The number of ether oxygens (including phenoxy) is 1. The second kappa shape index (κ2) is 6.55. The molecule has 0 fully saturated rings. The van der Waals surface area contributed by atoms with E-state index in [1.54, 1.807) is 18.3 Å². The Kier molecular flexibility index (Phi) is 4.77. The van der Waals surface area contributed by atoms with Gasteiger partial charge in [-0.25, -0.2) is 0 Å². The van der Waals surface area contributed by atoms with Gasteiger partial charge in [0.15, 0.2) is 0 Å². The molecule has 0 aliphatic carbocycles. The monoisotopic (exact) mass is 284 g/mol. The van der Waals surface area contributed by atoms with Gasteiger partial charge in [-0.15, -0.1) is 11.8 Å². The summed E-state index contributed by atoms with van der Waals surface area (Å²) >= 11 is 2.98. The SMILES string of the molecule is CCOC(=O)CSCc1nc(-c2ccsc2)no1. The van der Waals surface area contributed by atoms with Crippen LogP contribution in [0.1, 0.15) is 12.8 Å². The standard InChI is InChI=1S/C11H12N2O3S2/c1-2-15-10(14)7-18-6-9-12-11(13-16-9)8-3-4-17-5-8/h3-5H,2,6-7H2,1H3. The first-order chi connectivity index (χ1) is 8.79. The van der Waals surface area contributed by atoms with Crippen molar-refractivity contribution in [3.63, 3.8) is 0 Å². The highest BCUT2D eigenvalue weighted by Crippen LogP contribution is 2.20. The van der Waals surface area contributed by atoms with Gasteiger partial charge in [-0.1, -0.05) is 5.16 Å². The van der Waals surface area contributed by atoms with E-state index in [1.165, 1.54) is 11.8 Å². The van der Waals surface area contributed by atoms with Crippen LogP contribution in [0.2, 0.25) is 0 Å². The molecule has 0 bridgehead atoms. The van der Waals surface area contributed by atoms with Gasteiger partial charge in [-0.2, -0.15) is 16.3 Å². The number of hydrogen-bond acceptors (Lipinski definition) is 7. The molecule has 0 N–H and O–H groups in total. The van der Waals surface area contributed by atoms with Crippen molar-refractivity contribution >= 4 is 29.1 Å². The number of carbonyl (C=O) groups is 1. The first-order valence-electron chi connectivity index (χ1n) is 5.38. The zero-order valence-corrected chi connectivity index (χ0v) is 11.4. The Morgan fingerprint density at radius 3 is 3.22 bits per heavy atom. The molecule has 2 rings (SSSR count). The van der Waals surface area contributed by atoms with Crippen LogP contribution in [0.25, 0.3) is 11.4 Å². The number of esters is 1. The zero-order valence-electron chi connectivity index (χ0n) is 9.79. The third-order valence-corrected chi connectivity index (χ3v) is 3.57. The molecular weight excluding hydrogens is 272 g/mol. The number of carbonyl (C=O) groups excluding carboxylic acids is 1. The van der Waals surface area contributed by atoms with Crippen LogP contribution in [0.3, 0.4) is 0 Å². The Bertz CT molecular complexity index is 496. The van der Waals surface area contributed by atoms with Crippen molar-refractivity contribution in [2.24, 2.45) is 0 Å². The fraction of sp³-hybridized carbons (Fsp3) is 0.364. The fourth-order valence-electron chi connectivity index (χ4n) is 1.25. The number of thioether (sulfide) groups is 1. The van der Waals surface area contributed by atoms with Crippen molar-refractivity contribution in [3.8, 4) is 11.4 Å². The Balaban J connectivity index is 1.82. The van der Waals surface area contributed by atoms with E-state index in [1.807, 2.05) is 16.8 Å². The van der Waals surface area contributed by atoms with Gasteiger partial charge in [0.2, 0.25) is 11.7 Å². The van der Waals surface area contributed by atoms with Crippen LogP contribution >= 0.6 is 23.1 Å². The predicted octanol–water partition coefficient (Wildman–Crippen LogP) is 2.59. The van der Waals surface area contributed by atoms with Gasteiger partial charge in [-0.3, -0.25) is 4.79 Å². The van der Waals surface area contributed by atoms with E-state index in [-0.39, 0.29) is 5.97 Å². The second-order valence-corrected chi connectivity index (χ2v) is 5.09. The molecule has 0 aliphatic rings. The van der Waals surface area contributed by atoms with Crippen molar-refractivity contribution in [1.82, 2.24) is 10.1 Å². The minimum atomic E-state index is -0.222. The molecule has 2 aromatic rings. The largest absolute Gasteiger partial charge is 0.465 e. The Morgan fingerprint density at radius 1 is 1.61 bits per heavy atom. The molecule has 2 heterocycles. The van der Waals surface area contributed by atoms with E-state index in [0.29, 0.717) is 29.8 Å². The fourth-order valence-corrected chi connectivity index (χ4v) is 2.53. The number of rotatable bonds is 6. The molecule has 2 aromatic heterocycles. The highest BCUT2D eigenvalue weighted by molar-refractivity contribution is 7.99. The average Bonchev–Trinajstić information content (AvgIpc) is 2.99. The second-order valence-electron chi connectivity index (χ2n) is 3.32. The molecule has 5 nitrogen and oxygen atoms in total.